The van der Waals surface area contributed by atoms with E-state index in [1.165, 1.54) is 6.07 Å². The molecule has 1 aliphatic heterocycles. The highest BCUT2D eigenvalue weighted by molar-refractivity contribution is 6.35. The molecule has 0 saturated heterocycles. The maximum Gasteiger partial charge on any atom is 0.416 e. The van der Waals surface area contributed by atoms with E-state index >= 15 is 0 Å². The van der Waals surface area contributed by atoms with Gasteiger partial charge in [-0.2, -0.15) is 18.3 Å². The second-order valence-electron chi connectivity index (χ2n) is 8.85. The molecule has 188 valence electrons. The molecule has 0 atom stereocenters. The molecule has 0 saturated carbocycles. The normalized spacial score (nSPS) is 14.0. The van der Waals surface area contributed by atoms with Crippen molar-refractivity contribution in [2.45, 2.75) is 6.18 Å². The van der Waals surface area contributed by atoms with Crippen LogP contribution in [0, 0.1) is 0 Å². The molecule has 3 aromatic carbocycles. The Kier molecular flexibility index (Phi) is 5.60. The SMILES string of the molecule is O=C1Nc2cc(Nc3cccc(-c4cc(-c5cccc(C(F)(F)F)c5)n[nH]4)c3)ccc2/C1=C/c1ccc[nH]1. The Balaban J connectivity index is 1.23. The predicted octanol–water partition coefficient (Wildman–Crippen LogP) is 7.33. The summed E-state index contributed by atoms with van der Waals surface area (Å²) in [6.45, 7) is 0. The summed E-state index contributed by atoms with van der Waals surface area (Å²) in [5, 5.41) is 13.4. The first-order valence-electron chi connectivity index (χ1n) is 11.7. The van der Waals surface area contributed by atoms with Gasteiger partial charge in [0.1, 0.15) is 0 Å². The van der Waals surface area contributed by atoms with E-state index in [-0.39, 0.29) is 5.91 Å². The van der Waals surface area contributed by atoms with E-state index in [2.05, 4.69) is 25.8 Å². The molecule has 3 heterocycles. The summed E-state index contributed by atoms with van der Waals surface area (Å²) in [5.74, 6) is -0.162. The van der Waals surface area contributed by atoms with E-state index in [0.29, 0.717) is 28.2 Å². The maximum absolute atomic E-state index is 13.1. The summed E-state index contributed by atoms with van der Waals surface area (Å²) in [6.07, 6.45) is -0.804. The van der Waals surface area contributed by atoms with Gasteiger partial charge in [-0.15, -0.1) is 0 Å². The van der Waals surface area contributed by atoms with Gasteiger partial charge in [0.2, 0.25) is 0 Å². The molecule has 9 heteroatoms. The van der Waals surface area contributed by atoms with Gasteiger partial charge in [-0.3, -0.25) is 9.89 Å². The van der Waals surface area contributed by atoms with E-state index in [4.69, 9.17) is 0 Å². The van der Waals surface area contributed by atoms with Crippen molar-refractivity contribution in [3.05, 3.63) is 108 Å². The lowest BCUT2D eigenvalue weighted by Gasteiger charge is -2.09. The Bertz CT molecular complexity index is 1680. The number of aromatic nitrogens is 3. The molecule has 0 aliphatic carbocycles. The Morgan fingerprint density at radius 1 is 0.842 bits per heavy atom. The number of carbonyl (C=O) groups is 1. The Labute approximate surface area is 215 Å². The van der Waals surface area contributed by atoms with Gasteiger partial charge in [-0.25, -0.2) is 0 Å². The lowest BCUT2D eigenvalue weighted by atomic mass is 10.0. The smallest absolute Gasteiger partial charge is 0.362 e. The fourth-order valence-corrected chi connectivity index (χ4v) is 4.41. The van der Waals surface area contributed by atoms with Gasteiger partial charge in [-0.1, -0.05) is 30.3 Å². The van der Waals surface area contributed by atoms with Crippen LogP contribution in [0.15, 0.2) is 91.1 Å². The number of rotatable bonds is 5. The van der Waals surface area contributed by atoms with Gasteiger partial charge in [0.15, 0.2) is 0 Å². The van der Waals surface area contributed by atoms with Crippen molar-refractivity contribution in [3.63, 3.8) is 0 Å². The molecular weight excluding hydrogens is 491 g/mol. The average Bonchev–Trinajstić information content (AvgIpc) is 3.65. The predicted molar refractivity (Wildman–Crippen MR) is 141 cm³/mol. The van der Waals surface area contributed by atoms with Gasteiger partial charge in [-0.05, 0) is 60.7 Å². The van der Waals surface area contributed by atoms with Crippen molar-refractivity contribution >= 4 is 34.6 Å². The number of nitrogens with one attached hydrogen (secondary N) is 4. The van der Waals surface area contributed by atoms with Crippen molar-refractivity contribution in [2.24, 2.45) is 0 Å². The van der Waals surface area contributed by atoms with Crippen LogP contribution >= 0.6 is 0 Å². The van der Waals surface area contributed by atoms with Gasteiger partial charge in [0.25, 0.3) is 5.91 Å². The minimum Gasteiger partial charge on any atom is -0.362 e. The first-order valence-corrected chi connectivity index (χ1v) is 11.7. The van der Waals surface area contributed by atoms with E-state index < -0.39 is 11.7 Å². The Morgan fingerprint density at radius 2 is 1.66 bits per heavy atom. The number of amides is 1. The Hall–Kier alpha value is -5.05. The minimum atomic E-state index is -4.42. The molecule has 4 N–H and O–H groups in total. The third kappa shape index (κ3) is 4.57. The molecule has 0 unspecified atom stereocenters. The summed E-state index contributed by atoms with van der Waals surface area (Å²) in [7, 11) is 0. The van der Waals surface area contributed by atoms with E-state index in [1.807, 2.05) is 60.7 Å². The molecule has 2 aromatic heterocycles. The van der Waals surface area contributed by atoms with Crippen LogP contribution in [0.5, 0.6) is 0 Å². The highest BCUT2D eigenvalue weighted by Gasteiger charge is 2.30. The highest BCUT2D eigenvalue weighted by Crippen LogP contribution is 2.36. The number of benzene rings is 3. The number of nitrogens with zero attached hydrogens (tertiary/aromatic N) is 1. The second kappa shape index (κ2) is 9.11. The average molecular weight is 512 g/mol. The van der Waals surface area contributed by atoms with Crippen molar-refractivity contribution in [1.29, 1.82) is 0 Å². The lowest BCUT2D eigenvalue weighted by molar-refractivity contribution is -0.137. The Morgan fingerprint density at radius 3 is 2.47 bits per heavy atom. The molecule has 0 spiro atoms. The molecule has 5 aromatic rings. The quantitative estimate of drug-likeness (QED) is 0.186. The minimum absolute atomic E-state index is 0.162. The van der Waals surface area contributed by atoms with E-state index in [0.717, 1.165) is 40.3 Å². The largest absolute Gasteiger partial charge is 0.416 e. The number of anilines is 3. The number of carbonyl (C=O) groups excluding carboxylic acids is 1. The van der Waals surface area contributed by atoms with Crippen LogP contribution in [0.3, 0.4) is 0 Å². The third-order valence-corrected chi connectivity index (χ3v) is 6.25. The molecule has 0 fully saturated rings. The zero-order valence-electron chi connectivity index (χ0n) is 19.7. The van der Waals surface area contributed by atoms with Crippen molar-refractivity contribution in [1.82, 2.24) is 15.2 Å². The zero-order chi connectivity index (χ0) is 26.3. The fraction of sp³-hybridized carbons (Fsp3) is 0.0345. The van der Waals surface area contributed by atoms with Crippen LogP contribution in [0.25, 0.3) is 34.2 Å². The molecule has 1 amide bonds. The molecule has 6 rings (SSSR count). The van der Waals surface area contributed by atoms with Crippen molar-refractivity contribution in [2.75, 3.05) is 10.6 Å². The molecule has 38 heavy (non-hydrogen) atoms. The summed E-state index contributed by atoms with van der Waals surface area (Å²) in [5.41, 5.74) is 6.11. The number of H-pyrrole nitrogens is 2. The third-order valence-electron chi connectivity index (χ3n) is 6.25. The number of halogens is 3. The molecule has 0 bridgehead atoms. The van der Waals surface area contributed by atoms with Crippen LogP contribution in [-0.2, 0) is 11.0 Å². The van der Waals surface area contributed by atoms with Crippen molar-refractivity contribution in [3.8, 4) is 22.5 Å². The number of hydrogen-bond acceptors (Lipinski definition) is 3. The van der Waals surface area contributed by atoms with Gasteiger partial charge in [0, 0.05) is 40.0 Å². The van der Waals surface area contributed by atoms with E-state index in [9.17, 15) is 18.0 Å². The summed E-state index contributed by atoms with van der Waals surface area (Å²) in [6, 6.07) is 23.8. The van der Waals surface area contributed by atoms with Gasteiger partial charge < -0.3 is 15.6 Å². The number of aromatic amines is 2. The van der Waals surface area contributed by atoms with Crippen LogP contribution in [-0.4, -0.2) is 21.1 Å². The van der Waals surface area contributed by atoms with Crippen LogP contribution in [0.2, 0.25) is 0 Å². The van der Waals surface area contributed by atoms with Crippen LogP contribution in [0.4, 0.5) is 30.2 Å². The fourth-order valence-electron chi connectivity index (χ4n) is 4.41. The number of fused-ring (bicyclic) bond motifs is 1. The summed E-state index contributed by atoms with van der Waals surface area (Å²) >= 11 is 0. The standard InChI is InChI=1S/C29H20F3N5O/c30-29(31,32)19-6-1-4-17(12-19)25-16-26(37-36-25)18-5-2-7-21(13-18)34-22-9-10-23-24(14-20-8-3-11-33-20)28(38)35-27(23)15-22/h1-16,33-34H,(H,35,38)(H,36,37)/b24-14-. The van der Waals surface area contributed by atoms with Crippen LogP contribution < -0.4 is 10.6 Å². The summed E-state index contributed by atoms with van der Waals surface area (Å²) < 4.78 is 39.3. The molecular formula is C29H20F3N5O. The van der Waals surface area contributed by atoms with Crippen molar-refractivity contribution < 1.29 is 18.0 Å². The molecule has 0 radical (unpaired) electrons. The first kappa shape index (κ1) is 23.4. The maximum atomic E-state index is 13.1. The molecule has 1 aliphatic rings. The zero-order valence-corrected chi connectivity index (χ0v) is 19.7. The number of alkyl halides is 3. The van der Waals surface area contributed by atoms with Gasteiger partial charge >= 0.3 is 6.18 Å². The topological polar surface area (TPSA) is 85.6 Å². The molecule has 6 nitrogen and oxygen atoms in total. The van der Waals surface area contributed by atoms with Gasteiger partial charge in [0.05, 0.1) is 28.2 Å². The van der Waals surface area contributed by atoms with Crippen LogP contribution in [0.1, 0.15) is 16.8 Å². The summed E-state index contributed by atoms with van der Waals surface area (Å²) in [4.78, 5) is 15.6. The highest BCUT2D eigenvalue weighted by atomic mass is 19.4. The second-order valence-corrected chi connectivity index (χ2v) is 8.85. The lowest BCUT2D eigenvalue weighted by Crippen LogP contribution is -2.04. The first-order chi connectivity index (χ1) is 18.3. The number of hydrogen-bond donors (Lipinski definition) is 4. The monoisotopic (exact) mass is 511 g/mol. The van der Waals surface area contributed by atoms with E-state index in [1.54, 1.807) is 18.3 Å².